The van der Waals surface area contributed by atoms with Crippen molar-refractivity contribution in [2.45, 2.75) is 43.4 Å². The first-order valence-corrected chi connectivity index (χ1v) is 10.9. The highest BCUT2D eigenvalue weighted by atomic mass is 32.2. The topological polar surface area (TPSA) is 91.9 Å². The molecule has 0 bridgehead atoms. The predicted molar refractivity (Wildman–Crippen MR) is 99.4 cm³/mol. The number of pyridine rings is 1. The van der Waals surface area contributed by atoms with Crippen LogP contribution in [0.1, 0.15) is 49.8 Å². The monoisotopic (exact) mass is 409 g/mol. The largest absolute Gasteiger partial charge is 0.355 e. The van der Waals surface area contributed by atoms with Gasteiger partial charge in [0.1, 0.15) is 17.3 Å². The second-order valence-corrected chi connectivity index (χ2v) is 8.80. The van der Waals surface area contributed by atoms with Crippen molar-refractivity contribution in [3.63, 3.8) is 0 Å². The van der Waals surface area contributed by atoms with Crippen LogP contribution in [0.5, 0.6) is 0 Å². The SMILES string of the molecule is CS(=O)(=O)c1ccc(-n2nc(C(F)F)c(C#N)c2N2CCCCCCC2)nc1. The van der Waals surface area contributed by atoms with Gasteiger partial charge in [-0.15, -0.1) is 0 Å². The summed E-state index contributed by atoms with van der Waals surface area (Å²) in [6.45, 7) is 1.26. The van der Waals surface area contributed by atoms with Gasteiger partial charge in [-0.1, -0.05) is 19.3 Å². The number of nitriles is 1. The summed E-state index contributed by atoms with van der Waals surface area (Å²) in [6.07, 6.45) is 4.31. The van der Waals surface area contributed by atoms with Gasteiger partial charge < -0.3 is 4.90 Å². The molecule has 0 N–H and O–H groups in total. The summed E-state index contributed by atoms with van der Waals surface area (Å²) < 4.78 is 51.5. The number of rotatable bonds is 4. The number of anilines is 1. The van der Waals surface area contributed by atoms with Gasteiger partial charge in [-0.2, -0.15) is 15.0 Å². The Morgan fingerprint density at radius 2 is 1.79 bits per heavy atom. The second-order valence-electron chi connectivity index (χ2n) is 6.79. The molecule has 0 aliphatic carbocycles. The van der Waals surface area contributed by atoms with Crippen LogP contribution in [0.15, 0.2) is 23.2 Å². The number of halogens is 2. The fourth-order valence-electron chi connectivity index (χ4n) is 3.31. The van der Waals surface area contributed by atoms with Crippen molar-refractivity contribution >= 4 is 15.7 Å². The van der Waals surface area contributed by atoms with Crippen LogP contribution in [0.3, 0.4) is 0 Å². The molecular formula is C18H21F2N5O2S. The lowest BCUT2D eigenvalue weighted by Crippen LogP contribution is -2.30. The molecule has 150 valence electrons. The van der Waals surface area contributed by atoms with Gasteiger partial charge >= 0.3 is 0 Å². The number of hydrogen-bond donors (Lipinski definition) is 0. The Balaban J connectivity index is 2.13. The van der Waals surface area contributed by atoms with Gasteiger partial charge in [-0.05, 0) is 25.0 Å². The molecule has 0 aromatic carbocycles. The Labute approximate surface area is 162 Å². The van der Waals surface area contributed by atoms with E-state index >= 15 is 0 Å². The van der Waals surface area contributed by atoms with E-state index in [0.29, 0.717) is 18.9 Å². The van der Waals surface area contributed by atoms with Crippen LogP contribution in [-0.2, 0) is 9.84 Å². The van der Waals surface area contributed by atoms with E-state index in [-0.39, 0.29) is 16.3 Å². The Kier molecular flexibility index (Phi) is 5.93. The summed E-state index contributed by atoms with van der Waals surface area (Å²) >= 11 is 0. The van der Waals surface area contributed by atoms with E-state index in [1.165, 1.54) is 16.8 Å². The Bertz CT molecular complexity index is 973. The lowest BCUT2D eigenvalue weighted by Gasteiger charge is -2.27. The first-order valence-electron chi connectivity index (χ1n) is 9.05. The van der Waals surface area contributed by atoms with E-state index in [1.54, 1.807) is 0 Å². The van der Waals surface area contributed by atoms with Crippen LogP contribution in [0.4, 0.5) is 14.6 Å². The van der Waals surface area contributed by atoms with Gasteiger partial charge in [0.05, 0.1) is 4.90 Å². The summed E-state index contributed by atoms with van der Waals surface area (Å²) in [7, 11) is -3.44. The average molecular weight is 409 g/mol. The van der Waals surface area contributed by atoms with Gasteiger partial charge in [0, 0.05) is 25.5 Å². The van der Waals surface area contributed by atoms with Crippen molar-refractivity contribution in [3.05, 3.63) is 29.6 Å². The predicted octanol–water partition coefficient (Wildman–Crippen LogP) is 3.25. The number of alkyl halides is 2. The standard InChI is InChI=1S/C18H21F2N5O2S/c1-28(26,27)13-7-8-15(22-12-13)25-18(14(11-21)16(23-25)17(19)20)24-9-5-3-2-4-6-10-24/h7-8,12,17H,2-6,9-10H2,1H3. The molecule has 1 aliphatic rings. The van der Waals surface area contributed by atoms with Crippen LogP contribution in [0.2, 0.25) is 0 Å². The second kappa shape index (κ2) is 8.22. The smallest absolute Gasteiger partial charge is 0.283 e. The lowest BCUT2D eigenvalue weighted by molar-refractivity contribution is 0.145. The van der Waals surface area contributed by atoms with E-state index in [9.17, 15) is 22.5 Å². The molecule has 1 saturated heterocycles. The molecule has 3 rings (SSSR count). The summed E-state index contributed by atoms with van der Waals surface area (Å²) in [4.78, 5) is 6.03. The molecule has 0 atom stereocenters. The molecule has 1 aliphatic heterocycles. The van der Waals surface area contributed by atoms with Gasteiger partial charge in [-0.3, -0.25) is 0 Å². The molecule has 0 amide bonds. The third kappa shape index (κ3) is 4.14. The zero-order valence-electron chi connectivity index (χ0n) is 15.5. The maximum Gasteiger partial charge on any atom is 0.283 e. The lowest BCUT2D eigenvalue weighted by atomic mass is 10.1. The maximum absolute atomic E-state index is 13.5. The van der Waals surface area contributed by atoms with Gasteiger partial charge in [-0.25, -0.2) is 22.2 Å². The van der Waals surface area contributed by atoms with E-state index < -0.39 is 22.0 Å². The van der Waals surface area contributed by atoms with Crippen LogP contribution in [-0.4, -0.2) is 42.5 Å². The molecule has 0 unspecified atom stereocenters. The average Bonchev–Trinajstić information content (AvgIpc) is 3.00. The van der Waals surface area contributed by atoms with Crippen molar-refractivity contribution in [3.8, 4) is 11.9 Å². The molecule has 7 nitrogen and oxygen atoms in total. The van der Waals surface area contributed by atoms with E-state index in [0.717, 1.165) is 44.6 Å². The highest BCUT2D eigenvalue weighted by Crippen LogP contribution is 2.33. The molecule has 28 heavy (non-hydrogen) atoms. The first kappa shape index (κ1) is 20.2. The molecule has 0 radical (unpaired) electrons. The van der Waals surface area contributed by atoms with E-state index in [4.69, 9.17) is 0 Å². The molecular weight excluding hydrogens is 388 g/mol. The maximum atomic E-state index is 13.5. The quantitative estimate of drug-likeness (QED) is 0.770. The third-order valence-corrected chi connectivity index (χ3v) is 5.83. The first-order chi connectivity index (χ1) is 13.3. The Morgan fingerprint density at radius 3 is 2.29 bits per heavy atom. The van der Waals surface area contributed by atoms with E-state index in [1.807, 2.05) is 11.0 Å². The minimum absolute atomic E-state index is 0.0193. The Hall–Kier alpha value is -2.54. The highest BCUT2D eigenvalue weighted by Gasteiger charge is 2.29. The zero-order chi connectivity index (χ0) is 20.3. The summed E-state index contributed by atoms with van der Waals surface area (Å²) in [6, 6.07) is 4.64. The molecule has 0 spiro atoms. The highest BCUT2D eigenvalue weighted by molar-refractivity contribution is 7.90. The van der Waals surface area contributed by atoms with Crippen molar-refractivity contribution < 1.29 is 17.2 Å². The van der Waals surface area contributed by atoms with Crippen LogP contribution in [0.25, 0.3) is 5.82 Å². The molecule has 1 fully saturated rings. The zero-order valence-corrected chi connectivity index (χ0v) is 16.3. The molecule has 2 aromatic heterocycles. The summed E-state index contributed by atoms with van der Waals surface area (Å²) in [5.74, 6) is 0.479. The minimum atomic E-state index is -3.44. The minimum Gasteiger partial charge on any atom is -0.355 e. The molecule has 10 heteroatoms. The van der Waals surface area contributed by atoms with Crippen molar-refractivity contribution in [2.24, 2.45) is 0 Å². The van der Waals surface area contributed by atoms with Gasteiger partial charge in [0.2, 0.25) is 0 Å². The molecule has 2 aromatic rings. The third-order valence-electron chi connectivity index (χ3n) is 4.73. The van der Waals surface area contributed by atoms with Gasteiger partial charge in [0.25, 0.3) is 6.43 Å². The number of hydrogen-bond acceptors (Lipinski definition) is 6. The van der Waals surface area contributed by atoms with Crippen LogP contribution < -0.4 is 4.90 Å². The summed E-state index contributed by atoms with van der Waals surface area (Å²) in [5, 5.41) is 13.5. The van der Waals surface area contributed by atoms with E-state index in [2.05, 4.69) is 10.1 Å². The number of sulfone groups is 1. The number of nitrogens with zero attached hydrogens (tertiary/aromatic N) is 5. The van der Waals surface area contributed by atoms with Crippen molar-refractivity contribution in [1.29, 1.82) is 5.26 Å². The van der Waals surface area contributed by atoms with Crippen LogP contribution in [0, 0.1) is 11.3 Å². The van der Waals surface area contributed by atoms with Crippen molar-refractivity contribution in [1.82, 2.24) is 14.8 Å². The van der Waals surface area contributed by atoms with Crippen molar-refractivity contribution in [2.75, 3.05) is 24.2 Å². The summed E-state index contributed by atoms with van der Waals surface area (Å²) in [5.41, 5.74) is -0.752. The van der Waals surface area contributed by atoms with Crippen LogP contribution >= 0.6 is 0 Å². The number of aromatic nitrogens is 3. The Morgan fingerprint density at radius 1 is 1.14 bits per heavy atom. The molecule has 3 heterocycles. The molecule has 0 saturated carbocycles. The van der Waals surface area contributed by atoms with Gasteiger partial charge in [0.15, 0.2) is 21.5 Å². The fraction of sp³-hybridized carbons (Fsp3) is 0.500. The fourth-order valence-corrected chi connectivity index (χ4v) is 3.87. The normalized spacial score (nSPS) is 15.9.